The molecule has 18 heavy (non-hydrogen) atoms. The normalized spacial score (nSPS) is 11.1. The second-order valence-electron chi connectivity index (χ2n) is 5.05. The molecule has 0 unspecified atom stereocenters. The van der Waals surface area contributed by atoms with Gasteiger partial charge in [-0.1, -0.05) is 59.7 Å². The minimum Gasteiger partial charge on any atom is -0.0590 e. The summed E-state index contributed by atoms with van der Waals surface area (Å²) in [6.45, 7) is 8.58. The highest BCUT2D eigenvalue weighted by Gasteiger charge is 1.97. The molecule has 0 aliphatic heterocycles. The van der Waals surface area contributed by atoms with Crippen LogP contribution in [0.2, 0.25) is 0 Å². The van der Waals surface area contributed by atoms with E-state index >= 15 is 0 Å². The maximum absolute atomic E-state index is 2.23. The lowest BCUT2D eigenvalue weighted by atomic mass is 10.0. The first-order valence-electron chi connectivity index (χ1n) is 6.39. The maximum Gasteiger partial charge on any atom is -0.0225 e. The highest BCUT2D eigenvalue weighted by atomic mass is 14.0. The largest absolute Gasteiger partial charge is 0.0590 e. The average Bonchev–Trinajstić information content (AvgIpc) is 2.34. The van der Waals surface area contributed by atoms with E-state index in [0.29, 0.717) is 0 Å². The third kappa shape index (κ3) is 2.89. The summed E-state index contributed by atoms with van der Waals surface area (Å²) in [4.78, 5) is 0. The number of aryl methyl sites for hydroxylation is 4. The van der Waals surface area contributed by atoms with E-state index in [-0.39, 0.29) is 0 Å². The van der Waals surface area contributed by atoms with Crippen LogP contribution in [-0.2, 0) is 0 Å². The Balaban J connectivity index is 2.35. The van der Waals surface area contributed by atoms with E-state index in [2.05, 4.69) is 76.2 Å². The summed E-state index contributed by atoms with van der Waals surface area (Å²) in [5.74, 6) is 0. The molecule has 0 aliphatic carbocycles. The molecule has 92 valence electrons. The SMILES string of the molecule is Cc1ccc(C)c(/C=C\c2cc(C)ccc2C)c1. The Morgan fingerprint density at radius 2 is 1.00 bits per heavy atom. The lowest BCUT2D eigenvalue weighted by molar-refractivity contribution is 1.37. The second kappa shape index (κ2) is 5.22. The van der Waals surface area contributed by atoms with Gasteiger partial charge < -0.3 is 0 Å². The van der Waals surface area contributed by atoms with Crippen LogP contribution in [0.15, 0.2) is 36.4 Å². The standard InChI is InChI=1S/C18H20/c1-13-5-7-15(3)17(11-13)9-10-18-12-14(2)6-8-16(18)4/h5-12H,1-4H3/b10-9-. The minimum atomic E-state index is 1.30. The van der Waals surface area contributed by atoms with Crippen molar-refractivity contribution in [2.75, 3.05) is 0 Å². The molecule has 0 bridgehead atoms. The van der Waals surface area contributed by atoms with Crippen molar-refractivity contribution in [2.45, 2.75) is 27.7 Å². The summed E-state index contributed by atoms with van der Waals surface area (Å²) < 4.78 is 0. The number of benzene rings is 2. The fraction of sp³-hybridized carbons (Fsp3) is 0.222. The Morgan fingerprint density at radius 3 is 1.39 bits per heavy atom. The van der Waals surface area contributed by atoms with Gasteiger partial charge in [0, 0.05) is 0 Å². The summed E-state index contributed by atoms with van der Waals surface area (Å²) in [5, 5.41) is 0. The summed E-state index contributed by atoms with van der Waals surface area (Å²) >= 11 is 0. The molecule has 0 N–H and O–H groups in total. The van der Waals surface area contributed by atoms with Gasteiger partial charge in [-0.15, -0.1) is 0 Å². The lowest BCUT2D eigenvalue weighted by Gasteiger charge is -2.04. The Morgan fingerprint density at radius 1 is 0.611 bits per heavy atom. The number of hydrogen-bond acceptors (Lipinski definition) is 0. The third-order valence-electron chi connectivity index (χ3n) is 3.31. The maximum atomic E-state index is 2.23. The van der Waals surface area contributed by atoms with Crippen LogP contribution in [0.4, 0.5) is 0 Å². The van der Waals surface area contributed by atoms with Crippen LogP contribution in [0.25, 0.3) is 12.2 Å². The molecular weight excluding hydrogens is 216 g/mol. The molecule has 0 saturated heterocycles. The van der Waals surface area contributed by atoms with Crippen molar-refractivity contribution in [1.82, 2.24) is 0 Å². The fourth-order valence-corrected chi connectivity index (χ4v) is 2.06. The molecule has 0 radical (unpaired) electrons. The van der Waals surface area contributed by atoms with E-state index < -0.39 is 0 Å². The molecule has 2 rings (SSSR count). The first kappa shape index (κ1) is 12.6. The molecule has 0 saturated carbocycles. The monoisotopic (exact) mass is 236 g/mol. The van der Waals surface area contributed by atoms with Crippen LogP contribution in [0, 0.1) is 27.7 Å². The van der Waals surface area contributed by atoms with Crippen molar-refractivity contribution in [3.05, 3.63) is 69.8 Å². The van der Waals surface area contributed by atoms with Gasteiger partial charge in [-0.25, -0.2) is 0 Å². The predicted molar refractivity (Wildman–Crippen MR) is 80.8 cm³/mol. The molecular formula is C18H20. The van der Waals surface area contributed by atoms with E-state index in [0.717, 1.165) is 0 Å². The van der Waals surface area contributed by atoms with Crippen molar-refractivity contribution < 1.29 is 0 Å². The third-order valence-corrected chi connectivity index (χ3v) is 3.31. The summed E-state index contributed by atoms with van der Waals surface area (Å²) in [7, 11) is 0. The molecule has 0 amide bonds. The second-order valence-corrected chi connectivity index (χ2v) is 5.05. The fourth-order valence-electron chi connectivity index (χ4n) is 2.06. The highest BCUT2D eigenvalue weighted by Crippen LogP contribution is 2.17. The van der Waals surface area contributed by atoms with Crippen LogP contribution < -0.4 is 0 Å². The molecule has 0 aromatic heterocycles. The zero-order valence-electron chi connectivity index (χ0n) is 11.6. The van der Waals surface area contributed by atoms with Crippen LogP contribution >= 0.6 is 0 Å². The molecule has 0 heteroatoms. The van der Waals surface area contributed by atoms with Gasteiger partial charge in [0.2, 0.25) is 0 Å². The first-order chi connectivity index (χ1) is 8.56. The van der Waals surface area contributed by atoms with E-state index in [9.17, 15) is 0 Å². The Hall–Kier alpha value is -1.82. The zero-order valence-corrected chi connectivity index (χ0v) is 11.6. The predicted octanol–water partition coefficient (Wildman–Crippen LogP) is 5.09. The van der Waals surface area contributed by atoms with E-state index in [4.69, 9.17) is 0 Å². The molecule has 0 spiro atoms. The van der Waals surface area contributed by atoms with Crippen molar-refractivity contribution >= 4 is 12.2 Å². The summed E-state index contributed by atoms with van der Waals surface area (Å²) in [6.07, 6.45) is 4.42. The number of hydrogen-bond donors (Lipinski definition) is 0. The summed E-state index contributed by atoms with van der Waals surface area (Å²) in [6, 6.07) is 13.1. The van der Waals surface area contributed by atoms with Crippen LogP contribution in [0.5, 0.6) is 0 Å². The van der Waals surface area contributed by atoms with Gasteiger partial charge in [0.1, 0.15) is 0 Å². The van der Waals surface area contributed by atoms with Crippen LogP contribution in [0.1, 0.15) is 33.4 Å². The lowest BCUT2D eigenvalue weighted by Crippen LogP contribution is -1.84. The highest BCUT2D eigenvalue weighted by molar-refractivity contribution is 5.72. The number of rotatable bonds is 2. The summed E-state index contributed by atoms with van der Waals surface area (Å²) in [5.41, 5.74) is 7.86. The van der Waals surface area contributed by atoms with Crippen molar-refractivity contribution in [1.29, 1.82) is 0 Å². The van der Waals surface area contributed by atoms with Crippen LogP contribution in [0.3, 0.4) is 0 Å². The van der Waals surface area contributed by atoms with Crippen molar-refractivity contribution in [3.63, 3.8) is 0 Å². The minimum absolute atomic E-state index is 1.30. The van der Waals surface area contributed by atoms with Gasteiger partial charge in [0.05, 0.1) is 0 Å². The van der Waals surface area contributed by atoms with Gasteiger partial charge >= 0.3 is 0 Å². The first-order valence-corrected chi connectivity index (χ1v) is 6.39. The average molecular weight is 236 g/mol. The van der Waals surface area contributed by atoms with Gasteiger partial charge in [-0.05, 0) is 49.9 Å². The molecule has 0 atom stereocenters. The van der Waals surface area contributed by atoms with Gasteiger partial charge in [0.15, 0.2) is 0 Å². The Bertz CT molecular complexity index is 535. The smallest absolute Gasteiger partial charge is 0.0225 e. The zero-order chi connectivity index (χ0) is 13.1. The van der Waals surface area contributed by atoms with Crippen molar-refractivity contribution in [3.8, 4) is 0 Å². The molecule has 0 nitrogen and oxygen atoms in total. The van der Waals surface area contributed by atoms with E-state index in [1.54, 1.807) is 0 Å². The molecule has 2 aromatic carbocycles. The van der Waals surface area contributed by atoms with E-state index in [1.165, 1.54) is 33.4 Å². The molecule has 2 aromatic rings. The van der Waals surface area contributed by atoms with Gasteiger partial charge in [-0.2, -0.15) is 0 Å². The van der Waals surface area contributed by atoms with Gasteiger partial charge in [0.25, 0.3) is 0 Å². The van der Waals surface area contributed by atoms with E-state index in [1.807, 2.05) is 0 Å². The van der Waals surface area contributed by atoms with Crippen molar-refractivity contribution in [2.24, 2.45) is 0 Å². The van der Waals surface area contributed by atoms with Gasteiger partial charge in [-0.3, -0.25) is 0 Å². The topological polar surface area (TPSA) is 0 Å². The Kier molecular flexibility index (Phi) is 3.66. The molecule has 0 heterocycles. The van der Waals surface area contributed by atoms with Crippen LogP contribution in [-0.4, -0.2) is 0 Å². The Labute approximate surface area is 110 Å². The molecule has 0 aliphatic rings. The molecule has 0 fully saturated rings. The quantitative estimate of drug-likeness (QED) is 0.637.